The second-order valence-electron chi connectivity index (χ2n) is 3.84. The topological polar surface area (TPSA) is 42.4 Å². The number of hydrogen-bond donors (Lipinski definition) is 0. The third kappa shape index (κ3) is 5.59. The Labute approximate surface area is 108 Å². The van der Waals surface area contributed by atoms with Crippen molar-refractivity contribution < 1.29 is 9.53 Å². The molecule has 1 aromatic heterocycles. The first kappa shape index (κ1) is 14.4. The van der Waals surface area contributed by atoms with Gasteiger partial charge in [-0.25, -0.2) is 4.79 Å². The number of esters is 1. The zero-order valence-electron chi connectivity index (χ0n) is 11.0. The molecule has 18 heavy (non-hydrogen) atoms. The fourth-order valence-electron chi connectivity index (χ4n) is 1.54. The first-order chi connectivity index (χ1) is 8.76. The summed E-state index contributed by atoms with van der Waals surface area (Å²) < 4.78 is 4.82. The van der Waals surface area contributed by atoms with Crippen LogP contribution in [-0.2, 0) is 16.1 Å². The lowest BCUT2D eigenvalue weighted by Crippen LogP contribution is -2.23. The zero-order valence-corrected chi connectivity index (χ0v) is 11.0. The van der Waals surface area contributed by atoms with Gasteiger partial charge in [0.25, 0.3) is 0 Å². The van der Waals surface area contributed by atoms with Crippen molar-refractivity contribution in [3.8, 4) is 0 Å². The number of pyridine rings is 1. The highest BCUT2D eigenvalue weighted by molar-refractivity contribution is 5.81. The second kappa shape index (κ2) is 8.42. The number of hydrogen-bond acceptors (Lipinski definition) is 4. The van der Waals surface area contributed by atoms with Crippen LogP contribution in [0, 0.1) is 0 Å². The molecule has 1 aromatic rings. The van der Waals surface area contributed by atoms with E-state index in [-0.39, 0.29) is 5.97 Å². The fraction of sp³-hybridized carbons (Fsp3) is 0.429. The molecule has 0 aliphatic rings. The Bertz CT molecular complexity index is 377. The van der Waals surface area contributed by atoms with Gasteiger partial charge in [0.1, 0.15) is 0 Å². The maximum Gasteiger partial charge on any atom is 0.330 e. The third-order valence-corrected chi connectivity index (χ3v) is 2.51. The molecular formula is C14H20N2O2. The van der Waals surface area contributed by atoms with Crippen LogP contribution >= 0.6 is 0 Å². The monoisotopic (exact) mass is 248 g/mol. The molecule has 0 saturated carbocycles. The van der Waals surface area contributed by atoms with Crippen molar-refractivity contribution in [3.63, 3.8) is 0 Å². The lowest BCUT2D eigenvalue weighted by molar-refractivity contribution is -0.137. The van der Waals surface area contributed by atoms with E-state index in [9.17, 15) is 4.79 Å². The molecule has 0 amide bonds. The Morgan fingerprint density at radius 3 is 2.72 bits per heavy atom. The van der Waals surface area contributed by atoms with Crippen molar-refractivity contribution in [1.82, 2.24) is 9.88 Å². The SMILES string of the molecule is CCOC(=O)/C=C/CN(CC)Cc1ccncc1. The van der Waals surface area contributed by atoms with Crippen LogP contribution in [-0.4, -0.2) is 35.5 Å². The van der Waals surface area contributed by atoms with E-state index < -0.39 is 0 Å². The number of nitrogens with zero attached hydrogens (tertiary/aromatic N) is 2. The van der Waals surface area contributed by atoms with Gasteiger partial charge in [0, 0.05) is 31.6 Å². The molecule has 0 N–H and O–H groups in total. The number of ether oxygens (including phenoxy) is 1. The van der Waals surface area contributed by atoms with Gasteiger partial charge in [0.15, 0.2) is 0 Å². The summed E-state index contributed by atoms with van der Waals surface area (Å²) in [5.41, 5.74) is 1.22. The van der Waals surface area contributed by atoms with Crippen molar-refractivity contribution in [3.05, 3.63) is 42.2 Å². The molecule has 0 radical (unpaired) electrons. The van der Waals surface area contributed by atoms with Crippen LogP contribution in [0.25, 0.3) is 0 Å². The summed E-state index contributed by atoms with van der Waals surface area (Å²) in [6, 6.07) is 4.00. The van der Waals surface area contributed by atoms with Gasteiger partial charge in [0.05, 0.1) is 6.61 Å². The molecule has 0 aliphatic carbocycles. The van der Waals surface area contributed by atoms with Crippen LogP contribution in [0.15, 0.2) is 36.7 Å². The van der Waals surface area contributed by atoms with Crippen molar-refractivity contribution in [2.45, 2.75) is 20.4 Å². The largest absolute Gasteiger partial charge is 0.463 e. The molecule has 0 bridgehead atoms. The minimum atomic E-state index is -0.280. The van der Waals surface area contributed by atoms with E-state index in [4.69, 9.17) is 4.74 Å². The summed E-state index contributed by atoms with van der Waals surface area (Å²) in [6.45, 7) is 6.82. The summed E-state index contributed by atoms with van der Waals surface area (Å²) in [5.74, 6) is -0.280. The molecule has 0 saturated heterocycles. The molecule has 0 fully saturated rings. The summed E-state index contributed by atoms with van der Waals surface area (Å²) in [6.07, 6.45) is 6.90. The van der Waals surface area contributed by atoms with E-state index in [0.29, 0.717) is 6.61 Å². The molecular weight excluding hydrogens is 228 g/mol. The summed E-state index contributed by atoms with van der Waals surface area (Å²) in [7, 11) is 0. The average molecular weight is 248 g/mol. The van der Waals surface area contributed by atoms with E-state index in [2.05, 4.69) is 16.8 Å². The first-order valence-electron chi connectivity index (χ1n) is 6.20. The molecule has 0 unspecified atom stereocenters. The maximum atomic E-state index is 11.1. The molecule has 0 atom stereocenters. The van der Waals surface area contributed by atoms with Gasteiger partial charge >= 0.3 is 5.97 Å². The number of aromatic nitrogens is 1. The average Bonchev–Trinajstić information content (AvgIpc) is 2.39. The second-order valence-corrected chi connectivity index (χ2v) is 3.84. The van der Waals surface area contributed by atoms with Crippen molar-refractivity contribution in [1.29, 1.82) is 0 Å². The highest BCUT2D eigenvalue weighted by Crippen LogP contribution is 2.02. The van der Waals surface area contributed by atoms with E-state index in [1.54, 1.807) is 19.3 Å². The lowest BCUT2D eigenvalue weighted by Gasteiger charge is -2.18. The van der Waals surface area contributed by atoms with E-state index in [1.165, 1.54) is 11.6 Å². The van der Waals surface area contributed by atoms with E-state index >= 15 is 0 Å². The molecule has 1 rings (SSSR count). The Balaban J connectivity index is 2.41. The lowest BCUT2D eigenvalue weighted by atomic mass is 10.2. The summed E-state index contributed by atoms with van der Waals surface area (Å²) in [5, 5.41) is 0. The van der Waals surface area contributed by atoms with Gasteiger partial charge < -0.3 is 4.74 Å². The minimum Gasteiger partial charge on any atom is -0.463 e. The molecule has 98 valence electrons. The van der Waals surface area contributed by atoms with Crippen LogP contribution in [0.2, 0.25) is 0 Å². The Hall–Kier alpha value is -1.68. The Morgan fingerprint density at radius 1 is 1.39 bits per heavy atom. The van der Waals surface area contributed by atoms with Crippen LogP contribution < -0.4 is 0 Å². The van der Waals surface area contributed by atoms with Gasteiger partial charge in [-0.2, -0.15) is 0 Å². The zero-order chi connectivity index (χ0) is 13.2. The fourth-order valence-corrected chi connectivity index (χ4v) is 1.54. The Kier molecular flexibility index (Phi) is 6.72. The molecule has 4 nitrogen and oxygen atoms in total. The van der Waals surface area contributed by atoms with Gasteiger partial charge in [-0.1, -0.05) is 13.0 Å². The predicted octanol–water partition coefficient (Wildman–Crippen LogP) is 2.02. The molecule has 0 aromatic carbocycles. The van der Waals surface area contributed by atoms with Crippen LogP contribution in [0.5, 0.6) is 0 Å². The number of rotatable bonds is 7. The minimum absolute atomic E-state index is 0.280. The molecule has 4 heteroatoms. The van der Waals surface area contributed by atoms with Crippen molar-refractivity contribution in [2.24, 2.45) is 0 Å². The van der Waals surface area contributed by atoms with Crippen LogP contribution in [0.3, 0.4) is 0 Å². The quantitative estimate of drug-likeness (QED) is 0.547. The molecule has 1 heterocycles. The molecule has 0 aliphatic heterocycles. The van der Waals surface area contributed by atoms with Crippen molar-refractivity contribution in [2.75, 3.05) is 19.7 Å². The smallest absolute Gasteiger partial charge is 0.330 e. The number of carbonyl (C=O) groups excluding carboxylic acids is 1. The number of carbonyl (C=O) groups is 1. The summed E-state index contributed by atoms with van der Waals surface area (Å²) >= 11 is 0. The standard InChI is InChI=1S/C14H20N2O2/c1-3-16(11-5-6-14(17)18-4-2)12-13-7-9-15-10-8-13/h5-10H,3-4,11-12H2,1-2H3/b6-5+. The number of likely N-dealkylation sites (N-methyl/N-ethyl adjacent to an activating group) is 1. The third-order valence-electron chi connectivity index (χ3n) is 2.51. The van der Waals surface area contributed by atoms with Gasteiger partial charge in [-0.3, -0.25) is 9.88 Å². The first-order valence-corrected chi connectivity index (χ1v) is 6.20. The van der Waals surface area contributed by atoms with Gasteiger partial charge in [-0.05, 0) is 31.2 Å². The van der Waals surface area contributed by atoms with Crippen LogP contribution in [0.4, 0.5) is 0 Å². The van der Waals surface area contributed by atoms with Gasteiger partial charge in [0.2, 0.25) is 0 Å². The predicted molar refractivity (Wildman–Crippen MR) is 71.0 cm³/mol. The van der Waals surface area contributed by atoms with Crippen LogP contribution in [0.1, 0.15) is 19.4 Å². The molecule has 0 spiro atoms. The van der Waals surface area contributed by atoms with Crippen molar-refractivity contribution >= 4 is 5.97 Å². The normalized spacial score (nSPS) is 11.1. The van der Waals surface area contributed by atoms with E-state index in [0.717, 1.165) is 19.6 Å². The highest BCUT2D eigenvalue weighted by atomic mass is 16.5. The maximum absolute atomic E-state index is 11.1. The van der Waals surface area contributed by atoms with Gasteiger partial charge in [-0.15, -0.1) is 0 Å². The summed E-state index contributed by atoms with van der Waals surface area (Å²) in [4.78, 5) is 17.4. The highest BCUT2D eigenvalue weighted by Gasteiger charge is 2.01. The Morgan fingerprint density at radius 2 is 2.11 bits per heavy atom. The van der Waals surface area contributed by atoms with E-state index in [1.807, 2.05) is 18.2 Å².